The van der Waals surface area contributed by atoms with Crippen molar-refractivity contribution in [1.29, 1.82) is 0 Å². The molecule has 1 heterocycles. The number of carbonyl (C=O) groups excluding carboxylic acids is 3. The minimum absolute atomic E-state index is 0.0608. The van der Waals surface area contributed by atoms with E-state index in [9.17, 15) is 14.4 Å². The van der Waals surface area contributed by atoms with Gasteiger partial charge >= 0.3 is 0 Å². The van der Waals surface area contributed by atoms with E-state index in [0.717, 1.165) is 4.90 Å². The average Bonchev–Trinajstić information content (AvgIpc) is 3.01. The van der Waals surface area contributed by atoms with Gasteiger partial charge in [-0.2, -0.15) is 0 Å². The molecule has 1 aliphatic heterocycles. The van der Waals surface area contributed by atoms with Gasteiger partial charge in [-0.15, -0.1) is 0 Å². The van der Waals surface area contributed by atoms with Crippen molar-refractivity contribution in [3.8, 4) is 0 Å². The Hall–Kier alpha value is -3.32. The number of nitrogens with one attached hydrogen (secondary N) is 2. The van der Waals surface area contributed by atoms with E-state index in [4.69, 9.17) is 34.8 Å². The van der Waals surface area contributed by atoms with E-state index in [2.05, 4.69) is 10.6 Å². The number of rotatable bonds is 5. The van der Waals surface area contributed by atoms with Gasteiger partial charge in [0.05, 0.1) is 16.4 Å². The molecule has 1 aliphatic rings. The molecule has 0 fully saturated rings. The Morgan fingerprint density at radius 2 is 1.48 bits per heavy atom. The van der Waals surface area contributed by atoms with Crippen LogP contribution in [0.3, 0.4) is 0 Å². The molecule has 0 unspecified atom stereocenters. The third kappa shape index (κ3) is 4.46. The summed E-state index contributed by atoms with van der Waals surface area (Å²) in [5.41, 5.74) is 2.23. The number of para-hydroxylation sites is 1. The van der Waals surface area contributed by atoms with E-state index in [0.29, 0.717) is 38.2 Å². The molecular weight excluding hydrogens is 485 g/mol. The number of imide groups is 1. The van der Waals surface area contributed by atoms with Crippen LogP contribution < -0.4 is 15.5 Å². The van der Waals surface area contributed by atoms with Gasteiger partial charge in [-0.25, -0.2) is 4.90 Å². The number of halogens is 3. The Labute approximate surface area is 204 Å². The fraction of sp³-hybridized carbons (Fsp3) is 0.0417. The van der Waals surface area contributed by atoms with Crippen LogP contribution in [-0.4, -0.2) is 17.7 Å². The molecule has 0 saturated carbocycles. The van der Waals surface area contributed by atoms with Gasteiger partial charge in [-0.1, -0.05) is 53.0 Å². The zero-order chi connectivity index (χ0) is 23.7. The first-order chi connectivity index (χ1) is 15.8. The molecule has 2 N–H and O–H groups in total. The first-order valence-electron chi connectivity index (χ1n) is 9.74. The highest BCUT2D eigenvalue weighted by atomic mass is 35.5. The Balaban J connectivity index is 1.51. The van der Waals surface area contributed by atoms with Crippen molar-refractivity contribution in [2.75, 3.05) is 15.5 Å². The molecule has 3 amide bonds. The molecule has 9 heteroatoms. The van der Waals surface area contributed by atoms with Crippen LogP contribution in [0, 0.1) is 6.92 Å². The largest absolute Gasteiger partial charge is 0.350 e. The molecule has 3 aromatic rings. The molecule has 0 atom stereocenters. The molecule has 0 spiro atoms. The van der Waals surface area contributed by atoms with E-state index in [-0.39, 0.29) is 16.6 Å². The van der Waals surface area contributed by atoms with Crippen molar-refractivity contribution >= 4 is 69.6 Å². The quantitative estimate of drug-likeness (QED) is 0.422. The zero-order valence-corrected chi connectivity index (χ0v) is 19.4. The van der Waals surface area contributed by atoms with Crippen molar-refractivity contribution in [1.82, 2.24) is 0 Å². The molecular formula is C24H16Cl3N3O3. The van der Waals surface area contributed by atoms with Crippen molar-refractivity contribution in [2.45, 2.75) is 6.92 Å². The van der Waals surface area contributed by atoms with Gasteiger partial charge in [0.15, 0.2) is 0 Å². The van der Waals surface area contributed by atoms with Gasteiger partial charge in [0.25, 0.3) is 17.7 Å². The first kappa shape index (κ1) is 22.9. The zero-order valence-electron chi connectivity index (χ0n) is 17.2. The van der Waals surface area contributed by atoms with Gasteiger partial charge in [0, 0.05) is 16.3 Å². The third-order valence-corrected chi connectivity index (χ3v) is 6.14. The van der Waals surface area contributed by atoms with Crippen LogP contribution in [0.2, 0.25) is 10.0 Å². The normalized spacial score (nSPS) is 13.5. The van der Waals surface area contributed by atoms with Crippen molar-refractivity contribution in [2.24, 2.45) is 0 Å². The predicted molar refractivity (Wildman–Crippen MR) is 131 cm³/mol. The second-order valence-corrected chi connectivity index (χ2v) is 8.35. The molecule has 166 valence electrons. The van der Waals surface area contributed by atoms with E-state index in [1.807, 2.05) is 0 Å². The standard InChI is InChI=1S/C24H16Cl3N3O3/c1-13-16(25)6-4-8-19(13)30-23(32)20(27)21(24(30)33)28-15-11-9-14(10-12-15)22(31)29-18-7-3-2-5-17(18)26/h2-12,28H,1H3,(H,29,31). The molecule has 3 aromatic carbocycles. The molecule has 0 bridgehead atoms. The smallest absolute Gasteiger partial charge is 0.283 e. The van der Waals surface area contributed by atoms with Crippen molar-refractivity contribution in [3.63, 3.8) is 0 Å². The van der Waals surface area contributed by atoms with E-state index >= 15 is 0 Å². The highest BCUT2D eigenvalue weighted by Gasteiger charge is 2.39. The summed E-state index contributed by atoms with van der Waals surface area (Å²) in [6.45, 7) is 1.71. The lowest BCUT2D eigenvalue weighted by atomic mass is 10.1. The van der Waals surface area contributed by atoms with Crippen molar-refractivity contribution in [3.05, 3.63) is 98.6 Å². The Morgan fingerprint density at radius 3 is 2.18 bits per heavy atom. The van der Waals surface area contributed by atoms with E-state index < -0.39 is 11.8 Å². The molecule has 0 aromatic heterocycles. The maximum Gasteiger partial charge on any atom is 0.283 e. The maximum absolute atomic E-state index is 13.0. The van der Waals surface area contributed by atoms with Gasteiger partial charge in [-0.05, 0) is 61.0 Å². The minimum atomic E-state index is -0.648. The number of amides is 3. The van der Waals surface area contributed by atoms with E-state index in [1.54, 1.807) is 73.7 Å². The Morgan fingerprint density at radius 1 is 0.818 bits per heavy atom. The number of carbonyl (C=O) groups is 3. The van der Waals surface area contributed by atoms with Crippen LogP contribution in [0.15, 0.2) is 77.5 Å². The summed E-state index contributed by atoms with van der Waals surface area (Å²) in [5.74, 6) is -1.59. The van der Waals surface area contributed by atoms with Crippen LogP contribution in [0.1, 0.15) is 15.9 Å². The van der Waals surface area contributed by atoms with Gasteiger partial charge < -0.3 is 10.6 Å². The summed E-state index contributed by atoms with van der Waals surface area (Å²) >= 11 is 18.4. The number of nitrogens with zero attached hydrogens (tertiary/aromatic N) is 1. The van der Waals surface area contributed by atoms with Gasteiger partial charge in [0.1, 0.15) is 10.7 Å². The Kier molecular flexibility index (Phi) is 6.42. The lowest BCUT2D eigenvalue weighted by Crippen LogP contribution is -2.32. The summed E-state index contributed by atoms with van der Waals surface area (Å²) in [4.78, 5) is 39.2. The molecule has 0 radical (unpaired) electrons. The second-order valence-electron chi connectivity index (χ2n) is 7.15. The topological polar surface area (TPSA) is 78.5 Å². The first-order valence-corrected chi connectivity index (χ1v) is 10.9. The van der Waals surface area contributed by atoms with Gasteiger partial charge in [-0.3, -0.25) is 14.4 Å². The van der Waals surface area contributed by atoms with Gasteiger partial charge in [0.2, 0.25) is 0 Å². The van der Waals surface area contributed by atoms with Crippen LogP contribution >= 0.6 is 34.8 Å². The fourth-order valence-corrected chi connectivity index (χ4v) is 3.84. The monoisotopic (exact) mass is 499 g/mol. The number of benzene rings is 3. The molecule has 33 heavy (non-hydrogen) atoms. The molecule has 6 nitrogen and oxygen atoms in total. The summed E-state index contributed by atoms with van der Waals surface area (Å²) < 4.78 is 0. The lowest BCUT2D eigenvalue weighted by Gasteiger charge is -2.18. The molecule has 4 rings (SSSR count). The van der Waals surface area contributed by atoms with Crippen LogP contribution in [0.25, 0.3) is 0 Å². The van der Waals surface area contributed by atoms with Crippen LogP contribution in [0.5, 0.6) is 0 Å². The van der Waals surface area contributed by atoms with E-state index in [1.165, 1.54) is 0 Å². The maximum atomic E-state index is 13.0. The average molecular weight is 501 g/mol. The minimum Gasteiger partial charge on any atom is -0.350 e. The highest BCUT2D eigenvalue weighted by Crippen LogP contribution is 2.34. The lowest BCUT2D eigenvalue weighted by molar-refractivity contribution is -0.120. The fourth-order valence-electron chi connectivity index (χ4n) is 3.27. The summed E-state index contributed by atoms with van der Waals surface area (Å²) in [6, 6.07) is 18.2. The predicted octanol–water partition coefficient (Wildman–Crippen LogP) is 5.99. The molecule has 0 aliphatic carbocycles. The number of anilines is 3. The number of hydrogen-bond acceptors (Lipinski definition) is 4. The Bertz CT molecular complexity index is 1320. The molecule has 0 saturated heterocycles. The second kappa shape index (κ2) is 9.27. The van der Waals surface area contributed by atoms with Crippen molar-refractivity contribution < 1.29 is 14.4 Å². The third-order valence-electron chi connectivity index (χ3n) is 5.05. The summed E-state index contributed by atoms with van der Waals surface area (Å²) in [7, 11) is 0. The summed E-state index contributed by atoms with van der Waals surface area (Å²) in [6.07, 6.45) is 0. The SMILES string of the molecule is Cc1c(Cl)cccc1N1C(=O)C(Cl)=C(Nc2ccc(C(=O)Nc3ccccc3Cl)cc2)C1=O. The number of hydrogen-bond donors (Lipinski definition) is 2. The highest BCUT2D eigenvalue weighted by molar-refractivity contribution is 6.53. The van der Waals surface area contributed by atoms with Crippen LogP contribution in [-0.2, 0) is 9.59 Å². The van der Waals surface area contributed by atoms with Crippen LogP contribution in [0.4, 0.5) is 17.1 Å². The summed E-state index contributed by atoms with van der Waals surface area (Å²) in [5, 5.41) is 6.23.